The first-order valence-corrected chi connectivity index (χ1v) is 7.60. The Morgan fingerprint density at radius 3 is 2.74 bits per heavy atom. The first-order valence-electron chi connectivity index (χ1n) is 7.60. The zero-order chi connectivity index (χ0) is 16.8. The highest BCUT2D eigenvalue weighted by Crippen LogP contribution is 2.11. The van der Waals surface area contributed by atoms with Crippen LogP contribution in [-0.4, -0.2) is 67.5 Å². The number of carbonyl (C=O) groups excluding carboxylic acids is 2. The van der Waals surface area contributed by atoms with Crippen molar-refractivity contribution in [3.05, 3.63) is 30.1 Å². The molecule has 1 aliphatic heterocycles. The molecule has 1 atom stereocenters. The van der Waals surface area contributed by atoms with Crippen molar-refractivity contribution in [3.63, 3.8) is 0 Å². The van der Waals surface area contributed by atoms with E-state index in [1.54, 1.807) is 29.0 Å². The topological polar surface area (TPSA) is 61.9 Å². The molecule has 0 aromatic heterocycles. The Labute approximate surface area is 135 Å². The molecule has 1 aromatic carbocycles. The standard InChI is InChI=1S/C16H22FN3O3/c1-12(21)20-8-7-18-11-15(20)16(22)19(2)9-10-23-14-5-3-13(17)4-6-14/h3-6,15,18H,7-11H2,1-2H3. The number of amides is 2. The molecule has 0 spiro atoms. The van der Waals surface area contributed by atoms with Crippen LogP contribution in [0.4, 0.5) is 4.39 Å². The van der Waals surface area contributed by atoms with Gasteiger partial charge in [0.25, 0.3) is 0 Å². The number of carbonyl (C=O) groups is 2. The Bertz CT molecular complexity index is 550. The third-order valence-electron chi connectivity index (χ3n) is 3.82. The summed E-state index contributed by atoms with van der Waals surface area (Å²) in [6.45, 7) is 3.85. The molecule has 7 heteroatoms. The molecule has 1 saturated heterocycles. The van der Waals surface area contributed by atoms with Crippen LogP contribution in [0.1, 0.15) is 6.92 Å². The predicted molar refractivity (Wildman–Crippen MR) is 83.6 cm³/mol. The van der Waals surface area contributed by atoms with Crippen molar-refractivity contribution in [1.29, 1.82) is 0 Å². The van der Waals surface area contributed by atoms with Gasteiger partial charge in [-0.3, -0.25) is 9.59 Å². The fraction of sp³-hybridized carbons (Fsp3) is 0.500. The van der Waals surface area contributed by atoms with Crippen molar-refractivity contribution in [2.75, 3.05) is 39.8 Å². The van der Waals surface area contributed by atoms with Gasteiger partial charge in [0.05, 0.1) is 6.54 Å². The van der Waals surface area contributed by atoms with E-state index >= 15 is 0 Å². The Balaban J connectivity index is 1.84. The molecular weight excluding hydrogens is 301 g/mol. The molecule has 2 rings (SSSR count). The number of hydrogen-bond donors (Lipinski definition) is 1. The quantitative estimate of drug-likeness (QED) is 0.856. The van der Waals surface area contributed by atoms with E-state index in [-0.39, 0.29) is 17.6 Å². The van der Waals surface area contributed by atoms with Crippen molar-refractivity contribution < 1.29 is 18.7 Å². The molecule has 1 fully saturated rings. The monoisotopic (exact) mass is 323 g/mol. The van der Waals surface area contributed by atoms with E-state index in [1.807, 2.05) is 0 Å². The van der Waals surface area contributed by atoms with Crippen molar-refractivity contribution in [1.82, 2.24) is 15.1 Å². The third kappa shape index (κ3) is 4.66. The summed E-state index contributed by atoms with van der Waals surface area (Å²) >= 11 is 0. The van der Waals surface area contributed by atoms with Crippen LogP contribution in [-0.2, 0) is 9.59 Å². The van der Waals surface area contributed by atoms with Crippen LogP contribution in [0.5, 0.6) is 5.75 Å². The van der Waals surface area contributed by atoms with Crippen LogP contribution in [0, 0.1) is 5.82 Å². The summed E-state index contributed by atoms with van der Waals surface area (Å²) in [6.07, 6.45) is 0. The van der Waals surface area contributed by atoms with E-state index < -0.39 is 6.04 Å². The molecule has 126 valence electrons. The van der Waals surface area contributed by atoms with Gasteiger partial charge in [-0.05, 0) is 24.3 Å². The van der Waals surface area contributed by atoms with Gasteiger partial charge in [0.15, 0.2) is 0 Å². The smallest absolute Gasteiger partial charge is 0.246 e. The van der Waals surface area contributed by atoms with E-state index in [4.69, 9.17) is 4.74 Å². The highest BCUT2D eigenvalue weighted by Gasteiger charge is 2.32. The van der Waals surface area contributed by atoms with Crippen molar-refractivity contribution in [2.45, 2.75) is 13.0 Å². The lowest BCUT2D eigenvalue weighted by atomic mass is 10.1. The summed E-state index contributed by atoms with van der Waals surface area (Å²) in [6, 6.07) is 5.25. The molecule has 1 N–H and O–H groups in total. The van der Waals surface area contributed by atoms with Crippen molar-refractivity contribution in [2.24, 2.45) is 0 Å². The van der Waals surface area contributed by atoms with Gasteiger partial charge in [0.2, 0.25) is 11.8 Å². The maximum Gasteiger partial charge on any atom is 0.246 e. The zero-order valence-corrected chi connectivity index (χ0v) is 13.4. The average Bonchev–Trinajstić information content (AvgIpc) is 2.55. The van der Waals surface area contributed by atoms with E-state index in [1.165, 1.54) is 19.1 Å². The third-order valence-corrected chi connectivity index (χ3v) is 3.82. The van der Waals surface area contributed by atoms with Crippen molar-refractivity contribution in [3.8, 4) is 5.75 Å². The van der Waals surface area contributed by atoms with E-state index in [0.717, 1.165) is 0 Å². The van der Waals surface area contributed by atoms with Gasteiger partial charge >= 0.3 is 0 Å². The second kappa shape index (κ2) is 7.92. The maximum atomic E-state index is 12.8. The minimum Gasteiger partial charge on any atom is -0.492 e. The second-order valence-corrected chi connectivity index (χ2v) is 5.49. The number of likely N-dealkylation sites (N-methyl/N-ethyl adjacent to an activating group) is 1. The number of nitrogens with one attached hydrogen (secondary N) is 1. The molecule has 1 unspecified atom stereocenters. The van der Waals surface area contributed by atoms with Crippen LogP contribution in [0.25, 0.3) is 0 Å². The molecule has 1 heterocycles. The van der Waals surface area contributed by atoms with Crippen LogP contribution in [0.2, 0.25) is 0 Å². The van der Waals surface area contributed by atoms with Crippen molar-refractivity contribution >= 4 is 11.8 Å². The molecular formula is C16H22FN3O3. The SMILES string of the molecule is CC(=O)N1CCNCC1C(=O)N(C)CCOc1ccc(F)cc1. The second-order valence-electron chi connectivity index (χ2n) is 5.49. The molecule has 0 aliphatic carbocycles. The summed E-state index contributed by atoms with van der Waals surface area (Å²) in [5.74, 6) is 0.0200. The Kier molecular flexibility index (Phi) is 5.92. The molecule has 23 heavy (non-hydrogen) atoms. The summed E-state index contributed by atoms with van der Waals surface area (Å²) < 4.78 is 18.3. The van der Waals surface area contributed by atoms with Gasteiger partial charge in [0, 0.05) is 33.6 Å². The molecule has 6 nitrogen and oxygen atoms in total. The van der Waals surface area contributed by atoms with Crippen LogP contribution in [0.15, 0.2) is 24.3 Å². The number of rotatable bonds is 5. The first-order chi connectivity index (χ1) is 11.0. The van der Waals surface area contributed by atoms with Crippen LogP contribution < -0.4 is 10.1 Å². The van der Waals surface area contributed by atoms with Gasteiger partial charge in [-0.25, -0.2) is 4.39 Å². The number of ether oxygens (including phenoxy) is 1. The zero-order valence-electron chi connectivity index (χ0n) is 13.4. The van der Waals surface area contributed by atoms with Gasteiger partial charge in [-0.15, -0.1) is 0 Å². The highest BCUT2D eigenvalue weighted by atomic mass is 19.1. The summed E-state index contributed by atoms with van der Waals surface area (Å²) in [5, 5.41) is 3.13. The lowest BCUT2D eigenvalue weighted by molar-refractivity contribution is -0.145. The highest BCUT2D eigenvalue weighted by molar-refractivity contribution is 5.87. The molecule has 0 bridgehead atoms. The Morgan fingerprint density at radius 1 is 1.39 bits per heavy atom. The summed E-state index contributed by atoms with van der Waals surface area (Å²) in [7, 11) is 1.68. The fourth-order valence-corrected chi connectivity index (χ4v) is 2.50. The first kappa shape index (κ1) is 17.2. The van der Waals surface area contributed by atoms with E-state index in [0.29, 0.717) is 38.5 Å². The molecule has 1 aliphatic rings. The Morgan fingerprint density at radius 2 is 2.09 bits per heavy atom. The maximum absolute atomic E-state index is 12.8. The lowest BCUT2D eigenvalue weighted by Gasteiger charge is -2.36. The predicted octanol–water partition coefficient (Wildman–Crippen LogP) is 0.483. The normalized spacial score (nSPS) is 17.7. The van der Waals surface area contributed by atoms with Gasteiger partial charge < -0.3 is 19.9 Å². The Hall–Kier alpha value is -2.15. The summed E-state index contributed by atoms with van der Waals surface area (Å²) in [4.78, 5) is 27.3. The van der Waals surface area contributed by atoms with Gasteiger partial charge in [0.1, 0.15) is 24.2 Å². The van der Waals surface area contributed by atoms with Crippen LogP contribution >= 0.6 is 0 Å². The molecule has 1 aromatic rings. The largest absolute Gasteiger partial charge is 0.492 e. The lowest BCUT2D eigenvalue weighted by Crippen LogP contribution is -2.59. The average molecular weight is 323 g/mol. The number of nitrogens with zero attached hydrogens (tertiary/aromatic N) is 2. The number of hydrogen-bond acceptors (Lipinski definition) is 4. The number of halogens is 1. The van der Waals surface area contributed by atoms with Crippen LogP contribution in [0.3, 0.4) is 0 Å². The molecule has 0 saturated carbocycles. The molecule has 2 amide bonds. The minimum absolute atomic E-state index is 0.0965. The van der Waals surface area contributed by atoms with E-state index in [9.17, 15) is 14.0 Å². The summed E-state index contributed by atoms with van der Waals surface area (Å²) in [5.41, 5.74) is 0. The number of benzene rings is 1. The molecule has 0 radical (unpaired) electrons. The number of piperazine rings is 1. The van der Waals surface area contributed by atoms with Gasteiger partial charge in [-0.1, -0.05) is 0 Å². The minimum atomic E-state index is -0.475. The van der Waals surface area contributed by atoms with E-state index in [2.05, 4.69) is 5.32 Å². The fourth-order valence-electron chi connectivity index (χ4n) is 2.50. The van der Waals surface area contributed by atoms with Gasteiger partial charge in [-0.2, -0.15) is 0 Å².